The molecule has 22 heavy (non-hydrogen) atoms. The summed E-state index contributed by atoms with van der Waals surface area (Å²) in [6.07, 6.45) is 8.81. The standard InChI is InChI=1S/C16H20N4O2/c21-15(5-11-1-2-11)19-8-12-3-4-20(16(22)14(12)9-19)13-6-17-10-18-7-13/h6-7,10-12,14H,1-5,8-9H2. The second-order valence-corrected chi connectivity index (χ2v) is 6.69. The predicted octanol–water partition coefficient (Wildman–Crippen LogP) is 1.09. The maximum Gasteiger partial charge on any atom is 0.232 e. The van der Waals surface area contributed by atoms with Gasteiger partial charge in [-0.15, -0.1) is 0 Å². The number of fused-ring (bicyclic) bond motifs is 1. The van der Waals surface area contributed by atoms with Crippen molar-refractivity contribution in [2.75, 3.05) is 24.5 Å². The fourth-order valence-electron chi connectivity index (χ4n) is 3.64. The molecular formula is C16H20N4O2. The van der Waals surface area contributed by atoms with Crippen LogP contribution in [0.1, 0.15) is 25.7 Å². The number of hydrogen-bond acceptors (Lipinski definition) is 4. The van der Waals surface area contributed by atoms with Crippen molar-refractivity contribution < 1.29 is 9.59 Å². The molecule has 1 aromatic rings. The topological polar surface area (TPSA) is 66.4 Å². The highest BCUT2D eigenvalue weighted by molar-refractivity contribution is 5.96. The van der Waals surface area contributed by atoms with Gasteiger partial charge in [0.2, 0.25) is 11.8 Å². The van der Waals surface area contributed by atoms with Gasteiger partial charge in [-0.05, 0) is 31.1 Å². The van der Waals surface area contributed by atoms with Gasteiger partial charge < -0.3 is 9.80 Å². The summed E-state index contributed by atoms with van der Waals surface area (Å²) < 4.78 is 0. The van der Waals surface area contributed by atoms with Gasteiger partial charge in [0.05, 0.1) is 24.0 Å². The van der Waals surface area contributed by atoms with E-state index < -0.39 is 0 Å². The van der Waals surface area contributed by atoms with Crippen molar-refractivity contribution in [1.29, 1.82) is 0 Å². The summed E-state index contributed by atoms with van der Waals surface area (Å²) in [6.45, 7) is 2.03. The number of anilines is 1. The molecule has 0 radical (unpaired) electrons. The summed E-state index contributed by atoms with van der Waals surface area (Å²) in [6, 6.07) is 0. The Kier molecular flexibility index (Phi) is 3.32. The fraction of sp³-hybridized carbons (Fsp3) is 0.625. The second-order valence-electron chi connectivity index (χ2n) is 6.69. The summed E-state index contributed by atoms with van der Waals surface area (Å²) in [7, 11) is 0. The molecule has 2 atom stereocenters. The van der Waals surface area contributed by atoms with Crippen molar-refractivity contribution in [1.82, 2.24) is 14.9 Å². The van der Waals surface area contributed by atoms with E-state index in [1.807, 2.05) is 4.90 Å². The third-order valence-electron chi connectivity index (χ3n) is 5.12. The number of rotatable bonds is 3. The molecule has 3 aliphatic rings. The Hall–Kier alpha value is -1.98. The summed E-state index contributed by atoms with van der Waals surface area (Å²) in [5.74, 6) is 1.21. The average Bonchev–Trinajstić information content (AvgIpc) is 3.23. The molecule has 1 aromatic heterocycles. The molecule has 0 aromatic carbocycles. The predicted molar refractivity (Wildman–Crippen MR) is 79.9 cm³/mol. The minimum atomic E-state index is -0.0582. The first-order chi connectivity index (χ1) is 10.7. The van der Waals surface area contributed by atoms with Gasteiger partial charge in [-0.2, -0.15) is 0 Å². The lowest BCUT2D eigenvalue weighted by Gasteiger charge is -2.33. The molecule has 0 bridgehead atoms. The van der Waals surface area contributed by atoms with Crippen molar-refractivity contribution in [2.24, 2.45) is 17.8 Å². The highest BCUT2D eigenvalue weighted by Gasteiger charge is 2.45. The molecule has 6 heteroatoms. The Balaban J connectivity index is 1.46. The van der Waals surface area contributed by atoms with E-state index in [1.165, 1.54) is 19.2 Å². The fourth-order valence-corrected chi connectivity index (χ4v) is 3.64. The molecule has 2 amide bonds. The molecule has 1 aliphatic carbocycles. The van der Waals surface area contributed by atoms with E-state index in [2.05, 4.69) is 9.97 Å². The van der Waals surface area contributed by atoms with Gasteiger partial charge in [0.15, 0.2) is 0 Å². The lowest BCUT2D eigenvalue weighted by molar-refractivity contribution is -0.130. The van der Waals surface area contributed by atoms with Crippen LogP contribution in [0.4, 0.5) is 5.69 Å². The third kappa shape index (κ3) is 2.46. The Morgan fingerprint density at radius 2 is 1.95 bits per heavy atom. The van der Waals surface area contributed by atoms with Crippen LogP contribution in [0.15, 0.2) is 18.7 Å². The summed E-state index contributed by atoms with van der Waals surface area (Å²) >= 11 is 0. The number of hydrogen-bond donors (Lipinski definition) is 0. The van der Waals surface area contributed by atoms with E-state index in [4.69, 9.17) is 0 Å². The smallest absolute Gasteiger partial charge is 0.232 e. The van der Waals surface area contributed by atoms with Crippen molar-refractivity contribution in [3.8, 4) is 0 Å². The largest absolute Gasteiger partial charge is 0.342 e. The maximum atomic E-state index is 12.7. The van der Waals surface area contributed by atoms with Crippen molar-refractivity contribution >= 4 is 17.5 Å². The van der Waals surface area contributed by atoms with Gasteiger partial charge in [-0.3, -0.25) is 9.59 Å². The molecule has 0 N–H and O–H groups in total. The van der Waals surface area contributed by atoms with Crippen molar-refractivity contribution in [3.63, 3.8) is 0 Å². The van der Waals surface area contributed by atoms with Crippen LogP contribution in [0.25, 0.3) is 0 Å². The minimum Gasteiger partial charge on any atom is -0.342 e. The van der Waals surface area contributed by atoms with Crippen molar-refractivity contribution in [2.45, 2.75) is 25.7 Å². The van der Waals surface area contributed by atoms with Crippen LogP contribution in [-0.4, -0.2) is 46.3 Å². The lowest BCUT2D eigenvalue weighted by Crippen LogP contribution is -2.45. The van der Waals surface area contributed by atoms with Crippen LogP contribution in [0.2, 0.25) is 0 Å². The van der Waals surface area contributed by atoms with Crippen LogP contribution in [0.5, 0.6) is 0 Å². The van der Waals surface area contributed by atoms with Crippen LogP contribution in [-0.2, 0) is 9.59 Å². The molecule has 6 nitrogen and oxygen atoms in total. The monoisotopic (exact) mass is 300 g/mol. The molecular weight excluding hydrogens is 280 g/mol. The van der Waals surface area contributed by atoms with E-state index in [0.717, 1.165) is 18.7 Å². The van der Waals surface area contributed by atoms with Crippen LogP contribution in [0, 0.1) is 17.8 Å². The number of nitrogens with zero attached hydrogens (tertiary/aromatic N) is 4. The number of likely N-dealkylation sites (tertiary alicyclic amines) is 1. The Labute approximate surface area is 129 Å². The zero-order valence-corrected chi connectivity index (χ0v) is 12.5. The maximum absolute atomic E-state index is 12.7. The molecule has 3 heterocycles. The van der Waals surface area contributed by atoms with Gasteiger partial charge in [0.1, 0.15) is 6.33 Å². The Morgan fingerprint density at radius 3 is 2.68 bits per heavy atom. The second kappa shape index (κ2) is 5.34. The van der Waals surface area contributed by atoms with Gasteiger partial charge in [-0.1, -0.05) is 0 Å². The zero-order valence-electron chi connectivity index (χ0n) is 12.5. The van der Waals surface area contributed by atoms with Crippen molar-refractivity contribution in [3.05, 3.63) is 18.7 Å². The number of amides is 2. The van der Waals surface area contributed by atoms with E-state index >= 15 is 0 Å². The number of carbonyl (C=O) groups is 2. The summed E-state index contributed by atoms with van der Waals surface area (Å²) in [5.41, 5.74) is 0.758. The van der Waals surface area contributed by atoms with Crippen LogP contribution >= 0.6 is 0 Å². The SMILES string of the molecule is O=C(CC1CC1)N1CC2CCN(c3cncnc3)C(=O)C2C1. The molecule has 4 rings (SSSR count). The summed E-state index contributed by atoms with van der Waals surface area (Å²) in [4.78, 5) is 36.7. The number of piperidine rings is 1. The molecule has 3 fully saturated rings. The number of carbonyl (C=O) groups excluding carboxylic acids is 2. The first-order valence-electron chi connectivity index (χ1n) is 8.06. The minimum absolute atomic E-state index is 0.0582. The highest BCUT2D eigenvalue weighted by atomic mass is 16.2. The zero-order chi connectivity index (χ0) is 15.1. The lowest BCUT2D eigenvalue weighted by atomic mass is 9.88. The first kappa shape index (κ1) is 13.7. The van der Waals surface area contributed by atoms with E-state index in [1.54, 1.807) is 17.3 Å². The van der Waals surface area contributed by atoms with Gasteiger partial charge in [0.25, 0.3) is 0 Å². The molecule has 2 saturated heterocycles. The van der Waals surface area contributed by atoms with E-state index in [0.29, 0.717) is 31.3 Å². The van der Waals surface area contributed by atoms with Gasteiger partial charge in [0, 0.05) is 26.1 Å². The molecule has 116 valence electrons. The van der Waals surface area contributed by atoms with Gasteiger partial charge >= 0.3 is 0 Å². The third-order valence-corrected chi connectivity index (χ3v) is 5.12. The first-order valence-corrected chi connectivity index (χ1v) is 8.06. The molecule has 0 spiro atoms. The highest BCUT2D eigenvalue weighted by Crippen LogP contribution is 2.37. The normalized spacial score (nSPS) is 27.9. The van der Waals surface area contributed by atoms with Crippen LogP contribution < -0.4 is 4.90 Å². The van der Waals surface area contributed by atoms with Crippen LogP contribution in [0.3, 0.4) is 0 Å². The molecule has 2 aliphatic heterocycles. The molecule has 1 saturated carbocycles. The molecule has 2 unspecified atom stereocenters. The number of aromatic nitrogens is 2. The average molecular weight is 300 g/mol. The Bertz CT molecular complexity index is 587. The Morgan fingerprint density at radius 1 is 1.18 bits per heavy atom. The van der Waals surface area contributed by atoms with Gasteiger partial charge in [-0.25, -0.2) is 9.97 Å². The van der Waals surface area contributed by atoms with E-state index in [-0.39, 0.29) is 17.7 Å². The summed E-state index contributed by atoms with van der Waals surface area (Å²) in [5, 5.41) is 0. The van der Waals surface area contributed by atoms with E-state index in [9.17, 15) is 9.59 Å². The quantitative estimate of drug-likeness (QED) is 0.838.